The monoisotopic (exact) mass is 270 g/mol. The third-order valence-electron chi connectivity index (χ3n) is 3.53. The van der Waals surface area contributed by atoms with Crippen LogP contribution in [0.1, 0.15) is 5.82 Å². The summed E-state index contributed by atoms with van der Waals surface area (Å²) >= 11 is 0. The van der Waals surface area contributed by atoms with E-state index in [1.54, 1.807) is 24.8 Å². The second kappa shape index (κ2) is 5.83. The van der Waals surface area contributed by atoms with E-state index in [1.165, 1.54) is 0 Å². The molecule has 104 valence electrons. The van der Waals surface area contributed by atoms with Gasteiger partial charge in [0.2, 0.25) is 0 Å². The molecule has 0 amide bonds. The molecule has 1 aliphatic heterocycles. The molecule has 0 radical (unpaired) electrons. The van der Waals surface area contributed by atoms with Crippen LogP contribution >= 0.6 is 0 Å². The number of pyridine rings is 1. The molecule has 3 rings (SSSR count). The molecule has 3 heterocycles. The summed E-state index contributed by atoms with van der Waals surface area (Å²) in [4.78, 5) is 17.2. The Bertz CT molecular complexity index is 551. The summed E-state index contributed by atoms with van der Waals surface area (Å²) in [6, 6.07) is 3.82. The maximum atomic E-state index is 5.97. The number of hydrogen-bond acceptors (Lipinski definition) is 6. The number of piperazine rings is 1. The lowest BCUT2D eigenvalue weighted by Crippen LogP contribution is -2.46. The van der Waals surface area contributed by atoms with Crippen molar-refractivity contribution < 1.29 is 0 Å². The second-order valence-electron chi connectivity index (χ2n) is 4.86. The normalized spacial score (nSPS) is 16.3. The van der Waals surface area contributed by atoms with Gasteiger partial charge in [0.1, 0.15) is 5.82 Å². The molecule has 20 heavy (non-hydrogen) atoms. The highest BCUT2D eigenvalue weighted by atomic mass is 15.3. The molecule has 1 fully saturated rings. The SMILES string of the molecule is Nc1cnccc1N1CCN(Cc2ncccn2)CC1. The third kappa shape index (κ3) is 2.85. The van der Waals surface area contributed by atoms with Gasteiger partial charge in [-0.05, 0) is 12.1 Å². The van der Waals surface area contributed by atoms with Crippen molar-refractivity contribution in [2.24, 2.45) is 0 Å². The van der Waals surface area contributed by atoms with Gasteiger partial charge in [-0.15, -0.1) is 0 Å². The van der Waals surface area contributed by atoms with Gasteiger partial charge in [-0.2, -0.15) is 0 Å². The van der Waals surface area contributed by atoms with Crippen LogP contribution in [0.5, 0.6) is 0 Å². The number of nitrogens with two attached hydrogens (primary N) is 1. The minimum absolute atomic E-state index is 0.743. The van der Waals surface area contributed by atoms with E-state index in [4.69, 9.17) is 5.73 Å². The van der Waals surface area contributed by atoms with E-state index >= 15 is 0 Å². The number of rotatable bonds is 3. The molecule has 0 aromatic carbocycles. The Kier molecular flexibility index (Phi) is 3.73. The number of anilines is 2. The fourth-order valence-corrected chi connectivity index (χ4v) is 2.45. The van der Waals surface area contributed by atoms with E-state index in [0.29, 0.717) is 0 Å². The second-order valence-corrected chi connectivity index (χ2v) is 4.86. The summed E-state index contributed by atoms with van der Waals surface area (Å²) in [7, 11) is 0. The molecule has 2 aromatic rings. The van der Waals surface area contributed by atoms with E-state index in [0.717, 1.165) is 49.9 Å². The maximum absolute atomic E-state index is 5.97. The molecule has 1 aliphatic rings. The maximum Gasteiger partial charge on any atom is 0.142 e. The lowest BCUT2D eigenvalue weighted by Gasteiger charge is -2.36. The van der Waals surface area contributed by atoms with Crippen molar-refractivity contribution >= 4 is 11.4 Å². The van der Waals surface area contributed by atoms with E-state index in [1.807, 2.05) is 12.1 Å². The topological polar surface area (TPSA) is 71.2 Å². The average molecular weight is 270 g/mol. The number of nitrogens with zero attached hydrogens (tertiary/aromatic N) is 5. The van der Waals surface area contributed by atoms with Crippen LogP contribution in [-0.2, 0) is 6.54 Å². The fourth-order valence-electron chi connectivity index (χ4n) is 2.45. The lowest BCUT2D eigenvalue weighted by atomic mass is 10.2. The first-order chi connectivity index (χ1) is 9.83. The van der Waals surface area contributed by atoms with E-state index in [-0.39, 0.29) is 0 Å². The van der Waals surface area contributed by atoms with Gasteiger partial charge in [0.15, 0.2) is 0 Å². The summed E-state index contributed by atoms with van der Waals surface area (Å²) in [5.74, 6) is 0.879. The molecule has 6 nitrogen and oxygen atoms in total. The molecule has 0 aliphatic carbocycles. The quantitative estimate of drug-likeness (QED) is 0.888. The molecule has 1 saturated heterocycles. The number of aromatic nitrogens is 3. The predicted molar refractivity (Wildman–Crippen MR) is 78.2 cm³/mol. The van der Waals surface area contributed by atoms with E-state index in [2.05, 4.69) is 24.8 Å². The van der Waals surface area contributed by atoms with Gasteiger partial charge in [-0.25, -0.2) is 9.97 Å². The summed E-state index contributed by atoms with van der Waals surface area (Å²) in [5.41, 5.74) is 7.79. The van der Waals surface area contributed by atoms with Crippen LogP contribution < -0.4 is 10.6 Å². The number of nitrogen functional groups attached to an aromatic ring is 1. The van der Waals surface area contributed by atoms with Crippen molar-refractivity contribution in [3.8, 4) is 0 Å². The van der Waals surface area contributed by atoms with Gasteiger partial charge in [0.05, 0.1) is 24.1 Å². The smallest absolute Gasteiger partial charge is 0.142 e. The van der Waals surface area contributed by atoms with Crippen LogP contribution in [0.25, 0.3) is 0 Å². The van der Waals surface area contributed by atoms with Gasteiger partial charge >= 0.3 is 0 Å². The Morgan fingerprint density at radius 2 is 1.80 bits per heavy atom. The first-order valence-corrected chi connectivity index (χ1v) is 6.75. The van der Waals surface area contributed by atoms with Crippen LogP contribution in [0, 0.1) is 0 Å². The van der Waals surface area contributed by atoms with Gasteiger partial charge in [-0.1, -0.05) is 0 Å². The first-order valence-electron chi connectivity index (χ1n) is 6.75. The highest BCUT2D eigenvalue weighted by molar-refractivity contribution is 5.66. The summed E-state index contributed by atoms with van der Waals surface area (Å²) in [5, 5.41) is 0. The van der Waals surface area contributed by atoms with Gasteiger partial charge in [0.25, 0.3) is 0 Å². The van der Waals surface area contributed by atoms with Crippen molar-refractivity contribution in [2.45, 2.75) is 6.54 Å². The predicted octanol–water partition coefficient (Wildman–Crippen LogP) is 0.776. The van der Waals surface area contributed by atoms with Crippen molar-refractivity contribution in [1.29, 1.82) is 0 Å². The zero-order valence-electron chi connectivity index (χ0n) is 11.3. The Balaban J connectivity index is 1.59. The van der Waals surface area contributed by atoms with E-state index in [9.17, 15) is 0 Å². The Morgan fingerprint density at radius 1 is 1.05 bits per heavy atom. The van der Waals surface area contributed by atoms with Crippen molar-refractivity contribution in [2.75, 3.05) is 36.8 Å². The van der Waals surface area contributed by atoms with E-state index < -0.39 is 0 Å². The van der Waals surface area contributed by atoms with Gasteiger partial charge < -0.3 is 10.6 Å². The zero-order valence-corrected chi connectivity index (χ0v) is 11.3. The summed E-state index contributed by atoms with van der Waals surface area (Å²) in [6.45, 7) is 4.70. The molecule has 0 bridgehead atoms. The molecular weight excluding hydrogens is 252 g/mol. The molecule has 2 N–H and O–H groups in total. The number of hydrogen-bond donors (Lipinski definition) is 1. The average Bonchev–Trinajstić information content (AvgIpc) is 2.50. The van der Waals surface area contributed by atoms with Crippen LogP contribution in [0.2, 0.25) is 0 Å². The minimum Gasteiger partial charge on any atom is -0.396 e. The van der Waals surface area contributed by atoms with Crippen LogP contribution in [0.15, 0.2) is 36.9 Å². The van der Waals surface area contributed by atoms with Crippen molar-refractivity contribution in [1.82, 2.24) is 19.9 Å². The Hall–Kier alpha value is -2.21. The largest absolute Gasteiger partial charge is 0.396 e. The van der Waals surface area contributed by atoms with Crippen molar-refractivity contribution in [3.05, 3.63) is 42.7 Å². The van der Waals surface area contributed by atoms with Crippen molar-refractivity contribution in [3.63, 3.8) is 0 Å². The van der Waals surface area contributed by atoms with Crippen LogP contribution in [0.4, 0.5) is 11.4 Å². The lowest BCUT2D eigenvalue weighted by molar-refractivity contribution is 0.244. The Morgan fingerprint density at radius 3 is 2.50 bits per heavy atom. The molecular formula is C14H18N6. The molecule has 6 heteroatoms. The first kappa shape index (κ1) is 12.8. The molecule has 2 aromatic heterocycles. The summed E-state index contributed by atoms with van der Waals surface area (Å²) < 4.78 is 0. The molecule has 0 atom stereocenters. The highest BCUT2D eigenvalue weighted by Gasteiger charge is 2.19. The fraction of sp³-hybridized carbons (Fsp3) is 0.357. The van der Waals surface area contributed by atoms with Crippen LogP contribution in [-0.4, -0.2) is 46.0 Å². The highest BCUT2D eigenvalue weighted by Crippen LogP contribution is 2.22. The zero-order chi connectivity index (χ0) is 13.8. The molecule has 0 saturated carbocycles. The summed E-state index contributed by atoms with van der Waals surface area (Å²) in [6.07, 6.45) is 7.07. The van der Waals surface area contributed by atoms with Gasteiger partial charge in [0, 0.05) is 44.8 Å². The minimum atomic E-state index is 0.743. The molecule has 0 unspecified atom stereocenters. The Labute approximate surface area is 118 Å². The standard InChI is InChI=1S/C14H18N6/c15-12-10-16-5-2-13(12)20-8-6-19(7-9-20)11-14-17-3-1-4-18-14/h1-5,10H,6-9,11,15H2. The van der Waals surface area contributed by atoms with Gasteiger partial charge in [-0.3, -0.25) is 9.88 Å². The van der Waals surface area contributed by atoms with Crippen LogP contribution in [0.3, 0.4) is 0 Å². The third-order valence-corrected chi connectivity index (χ3v) is 3.53. The molecule has 0 spiro atoms.